The Hall–Kier alpha value is -1.59. The molecule has 2 N–H and O–H groups in total. The van der Waals surface area contributed by atoms with Gasteiger partial charge in [-0.2, -0.15) is 0 Å². The zero-order valence-corrected chi connectivity index (χ0v) is 18.4. The maximum Gasteiger partial charge on any atom is 0.270 e. The Bertz CT molecular complexity index is 722. The molecule has 1 amide bonds. The van der Waals surface area contributed by atoms with Crippen molar-refractivity contribution in [2.24, 2.45) is 5.73 Å². The summed E-state index contributed by atoms with van der Waals surface area (Å²) >= 11 is 0. The van der Waals surface area contributed by atoms with Crippen molar-refractivity contribution in [3.8, 4) is 0 Å². The fourth-order valence-corrected chi connectivity index (χ4v) is 4.91. The van der Waals surface area contributed by atoms with Crippen molar-refractivity contribution in [3.05, 3.63) is 47.2 Å². The van der Waals surface area contributed by atoms with E-state index in [1.807, 2.05) is 23.1 Å². The largest absolute Gasteiger partial charge is 0.415 e. The van der Waals surface area contributed by atoms with Gasteiger partial charge >= 0.3 is 0 Å². The van der Waals surface area contributed by atoms with Gasteiger partial charge in [-0.15, -0.1) is 0 Å². The van der Waals surface area contributed by atoms with Crippen LogP contribution in [-0.2, 0) is 15.6 Å². The molecule has 5 heteroatoms. The molecule has 2 aliphatic heterocycles. The highest BCUT2D eigenvalue weighted by molar-refractivity contribution is 6.74. The fraction of sp³-hybridized carbons (Fsp3) is 0.591. The molecule has 0 bridgehead atoms. The van der Waals surface area contributed by atoms with E-state index in [0.717, 1.165) is 31.3 Å². The van der Waals surface area contributed by atoms with Gasteiger partial charge in [0.25, 0.3) is 5.91 Å². The van der Waals surface area contributed by atoms with Gasteiger partial charge in [0.1, 0.15) is 0 Å². The Morgan fingerprint density at radius 1 is 1.19 bits per heavy atom. The van der Waals surface area contributed by atoms with Crippen LogP contribution in [0.3, 0.4) is 0 Å². The molecule has 2 heterocycles. The molecule has 0 unspecified atom stereocenters. The van der Waals surface area contributed by atoms with E-state index in [9.17, 15) is 4.79 Å². The highest BCUT2D eigenvalue weighted by atomic mass is 28.4. The maximum atomic E-state index is 13.0. The van der Waals surface area contributed by atoms with Crippen LogP contribution >= 0.6 is 0 Å². The molecule has 0 saturated carbocycles. The van der Waals surface area contributed by atoms with Gasteiger partial charge in [-0.1, -0.05) is 51.1 Å². The minimum absolute atomic E-state index is 0.0125. The van der Waals surface area contributed by atoms with Gasteiger partial charge in [-0.3, -0.25) is 4.79 Å². The average molecular weight is 387 g/mol. The lowest BCUT2D eigenvalue weighted by atomic mass is 9.92. The molecule has 3 rings (SSSR count). The average Bonchev–Trinajstić information content (AvgIpc) is 3.00. The summed E-state index contributed by atoms with van der Waals surface area (Å²) in [6.07, 6.45) is 3.72. The first-order chi connectivity index (χ1) is 12.6. The van der Waals surface area contributed by atoms with E-state index < -0.39 is 8.32 Å². The third-order valence-electron chi connectivity index (χ3n) is 6.65. The topological polar surface area (TPSA) is 55.6 Å². The van der Waals surface area contributed by atoms with Gasteiger partial charge in [0, 0.05) is 6.04 Å². The standard InChI is InChI=1S/C22H34N2O2Si/c1-22(2,3)27(4,5)26-15-19-12-11-18-14-17(20(23)21(25)24(18)19)13-16-9-7-6-8-10-16/h6-10,18-19H,11-15,23H2,1-5H3/t18-,19+/m1/s1. The molecule has 0 aromatic heterocycles. The van der Waals surface area contributed by atoms with E-state index in [1.165, 1.54) is 5.56 Å². The fourth-order valence-electron chi connectivity index (χ4n) is 3.87. The van der Waals surface area contributed by atoms with Crippen molar-refractivity contribution < 1.29 is 9.22 Å². The number of carbonyl (C=O) groups excluding carboxylic acids is 1. The molecule has 1 saturated heterocycles. The van der Waals surface area contributed by atoms with Crippen molar-refractivity contribution in [1.82, 2.24) is 4.90 Å². The molecule has 0 spiro atoms. The second-order valence-electron chi connectivity index (χ2n) is 9.55. The second kappa shape index (κ2) is 7.44. The highest BCUT2D eigenvalue weighted by Gasteiger charge is 2.44. The summed E-state index contributed by atoms with van der Waals surface area (Å²) < 4.78 is 6.42. The SMILES string of the molecule is CC(C)(C)[Si](C)(C)OC[C@@H]1CC[C@@H]2CC(Cc3ccccc3)=C(N)C(=O)N21. The summed E-state index contributed by atoms with van der Waals surface area (Å²) in [6, 6.07) is 10.7. The van der Waals surface area contributed by atoms with Gasteiger partial charge in [0.15, 0.2) is 8.32 Å². The van der Waals surface area contributed by atoms with Crippen molar-refractivity contribution in [3.63, 3.8) is 0 Å². The van der Waals surface area contributed by atoms with Crippen LogP contribution in [0.4, 0.5) is 0 Å². The minimum atomic E-state index is -1.81. The summed E-state index contributed by atoms with van der Waals surface area (Å²) in [7, 11) is -1.81. The molecule has 0 aliphatic carbocycles. The molecule has 2 atom stereocenters. The monoisotopic (exact) mass is 386 g/mol. The first-order valence-corrected chi connectivity index (χ1v) is 13.0. The van der Waals surface area contributed by atoms with E-state index in [0.29, 0.717) is 12.3 Å². The van der Waals surface area contributed by atoms with Crippen LogP contribution in [0, 0.1) is 0 Å². The van der Waals surface area contributed by atoms with Crippen LogP contribution in [0.15, 0.2) is 41.6 Å². The van der Waals surface area contributed by atoms with Gasteiger partial charge in [0.2, 0.25) is 0 Å². The minimum Gasteiger partial charge on any atom is -0.415 e. The zero-order chi connectivity index (χ0) is 19.8. The first-order valence-electron chi connectivity index (χ1n) is 10.1. The van der Waals surface area contributed by atoms with Crippen molar-refractivity contribution >= 4 is 14.2 Å². The quantitative estimate of drug-likeness (QED) is 0.771. The van der Waals surface area contributed by atoms with Crippen LogP contribution in [-0.4, -0.2) is 37.8 Å². The lowest BCUT2D eigenvalue weighted by molar-refractivity contribution is -0.131. The molecule has 1 aromatic rings. The molecular formula is C22H34N2O2Si. The summed E-state index contributed by atoms with van der Waals surface area (Å²) in [5, 5.41) is 0.179. The third kappa shape index (κ3) is 4.14. The summed E-state index contributed by atoms with van der Waals surface area (Å²) in [4.78, 5) is 15.1. The highest BCUT2D eigenvalue weighted by Crippen LogP contribution is 2.39. The Kier molecular flexibility index (Phi) is 5.55. The first kappa shape index (κ1) is 20.1. The molecule has 4 nitrogen and oxygen atoms in total. The maximum absolute atomic E-state index is 13.0. The van der Waals surface area contributed by atoms with Crippen LogP contribution in [0.5, 0.6) is 0 Å². The van der Waals surface area contributed by atoms with Gasteiger partial charge < -0.3 is 15.1 Å². The summed E-state index contributed by atoms with van der Waals surface area (Å²) in [5.74, 6) is 0.0125. The number of nitrogens with two attached hydrogens (primary N) is 1. The van der Waals surface area contributed by atoms with Crippen molar-refractivity contribution in [1.29, 1.82) is 0 Å². The van der Waals surface area contributed by atoms with Crippen LogP contribution in [0.1, 0.15) is 45.6 Å². The Labute approximate surface area is 164 Å². The lowest BCUT2D eigenvalue weighted by Gasteiger charge is -2.40. The third-order valence-corrected chi connectivity index (χ3v) is 11.2. The van der Waals surface area contributed by atoms with E-state index in [1.54, 1.807) is 0 Å². The Balaban J connectivity index is 1.71. The predicted molar refractivity (Wildman–Crippen MR) is 113 cm³/mol. The van der Waals surface area contributed by atoms with Gasteiger partial charge in [-0.25, -0.2) is 0 Å². The molecule has 27 heavy (non-hydrogen) atoms. The lowest BCUT2D eigenvalue weighted by Crippen LogP contribution is -2.50. The Morgan fingerprint density at radius 2 is 1.85 bits per heavy atom. The second-order valence-corrected chi connectivity index (χ2v) is 14.4. The molecular weight excluding hydrogens is 352 g/mol. The van der Waals surface area contributed by atoms with Crippen LogP contribution in [0.25, 0.3) is 0 Å². The molecule has 1 aromatic carbocycles. The van der Waals surface area contributed by atoms with Crippen LogP contribution in [0.2, 0.25) is 18.1 Å². The summed E-state index contributed by atoms with van der Waals surface area (Å²) in [5.41, 5.74) is 9.06. The van der Waals surface area contributed by atoms with Crippen molar-refractivity contribution in [2.45, 2.75) is 76.7 Å². The zero-order valence-electron chi connectivity index (χ0n) is 17.4. The molecule has 2 aliphatic rings. The van der Waals surface area contributed by atoms with Gasteiger partial charge in [0.05, 0.1) is 18.3 Å². The number of carbonyl (C=O) groups is 1. The molecule has 1 fully saturated rings. The summed E-state index contributed by atoms with van der Waals surface area (Å²) in [6.45, 7) is 11.9. The molecule has 0 radical (unpaired) electrons. The number of fused-ring (bicyclic) bond motifs is 1. The number of hydrogen-bond donors (Lipinski definition) is 1. The number of rotatable bonds is 5. The van der Waals surface area contributed by atoms with Crippen molar-refractivity contribution in [2.75, 3.05) is 6.61 Å². The smallest absolute Gasteiger partial charge is 0.270 e. The number of hydrogen-bond acceptors (Lipinski definition) is 3. The predicted octanol–water partition coefficient (Wildman–Crippen LogP) is 4.23. The normalized spacial score (nSPS) is 23.7. The number of benzene rings is 1. The molecule has 148 valence electrons. The number of amides is 1. The Morgan fingerprint density at radius 3 is 2.48 bits per heavy atom. The van der Waals surface area contributed by atoms with Gasteiger partial charge in [-0.05, 0) is 55.0 Å². The van der Waals surface area contributed by atoms with E-state index in [-0.39, 0.29) is 23.0 Å². The van der Waals surface area contributed by atoms with E-state index in [4.69, 9.17) is 10.2 Å². The van der Waals surface area contributed by atoms with Crippen LogP contribution < -0.4 is 5.73 Å². The van der Waals surface area contributed by atoms with E-state index in [2.05, 4.69) is 46.0 Å². The van der Waals surface area contributed by atoms with E-state index >= 15 is 0 Å². The number of nitrogens with zero attached hydrogens (tertiary/aromatic N) is 1.